The van der Waals surface area contributed by atoms with Crippen molar-refractivity contribution < 1.29 is 8.42 Å². The summed E-state index contributed by atoms with van der Waals surface area (Å²) in [5.41, 5.74) is 0. The van der Waals surface area contributed by atoms with E-state index in [0.29, 0.717) is 11.4 Å². The van der Waals surface area contributed by atoms with E-state index in [0.717, 1.165) is 0 Å². The molecule has 1 rings (SSSR count). The molecule has 0 spiro atoms. The van der Waals surface area contributed by atoms with Crippen molar-refractivity contribution in [3.05, 3.63) is 28.2 Å². The quantitative estimate of drug-likeness (QED) is 0.922. The summed E-state index contributed by atoms with van der Waals surface area (Å²) in [6.07, 6.45) is 0.713. The van der Waals surface area contributed by atoms with Gasteiger partial charge in [-0.15, -0.1) is 0 Å². The maximum absolute atomic E-state index is 11.9. The van der Waals surface area contributed by atoms with Crippen LogP contribution in [0.2, 0.25) is 10.0 Å². The molecule has 0 aromatic heterocycles. The molecule has 1 N–H and O–H groups in total. The first-order chi connectivity index (χ1) is 7.36. The van der Waals surface area contributed by atoms with Crippen molar-refractivity contribution in [1.29, 1.82) is 0 Å². The van der Waals surface area contributed by atoms with Gasteiger partial charge in [0.2, 0.25) is 10.0 Å². The van der Waals surface area contributed by atoms with E-state index in [1.807, 2.05) is 6.92 Å². The van der Waals surface area contributed by atoms with Crippen LogP contribution >= 0.6 is 23.2 Å². The lowest BCUT2D eigenvalue weighted by Gasteiger charge is -2.13. The molecule has 0 heterocycles. The highest BCUT2D eigenvalue weighted by Gasteiger charge is 2.19. The molecule has 1 aromatic carbocycles. The largest absolute Gasteiger partial charge is 0.242 e. The van der Waals surface area contributed by atoms with Crippen LogP contribution in [0.5, 0.6) is 0 Å². The lowest BCUT2D eigenvalue weighted by Crippen LogP contribution is -2.32. The van der Waals surface area contributed by atoms with Gasteiger partial charge in [0.15, 0.2) is 0 Å². The maximum Gasteiger partial charge on any atom is 0.242 e. The van der Waals surface area contributed by atoms with E-state index in [1.54, 1.807) is 6.92 Å². The van der Waals surface area contributed by atoms with Gasteiger partial charge in [0, 0.05) is 11.1 Å². The molecule has 3 nitrogen and oxygen atoms in total. The van der Waals surface area contributed by atoms with Crippen LogP contribution in [0.3, 0.4) is 0 Å². The summed E-state index contributed by atoms with van der Waals surface area (Å²) in [4.78, 5) is 0.0545. The number of halogens is 2. The van der Waals surface area contributed by atoms with Crippen molar-refractivity contribution in [2.45, 2.75) is 31.2 Å². The predicted octanol–water partition coefficient (Wildman–Crippen LogP) is 3.07. The van der Waals surface area contributed by atoms with E-state index >= 15 is 0 Å². The molecule has 0 fully saturated rings. The molecule has 0 saturated carbocycles. The molecule has 0 radical (unpaired) electrons. The van der Waals surface area contributed by atoms with Gasteiger partial charge in [-0.25, -0.2) is 13.1 Å². The van der Waals surface area contributed by atoms with Crippen molar-refractivity contribution in [2.24, 2.45) is 0 Å². The minimum absolute atomic E-state index is 0.0545. The fraction of sp³-hybridized carbons (Fsp3) is 0.400. The Kier molecular flexibility index (Phi) is 4.62. The van der Waals surface area contributed by atoms with Crippen LogP contribution in [0.4, 0.5) is 0 Å². The second-order valence-electron chi connectivity index (χ2n) is 3.51. The van der Waals surface area contributed by atoms with Crippen LogP contribution in [-0.2, 0) is 10.0 Å². The lowest BCUT2D eigenvalue weighted by atomic mass is 10.3. The van der Waals surface area contributed by atoms with Gasteiger partial charge in [-0.3, -0.25) is 0 Å². The van der Waals surface area contributed by atoms with E-state index in [9.17, 15) is 8.42 Å². The van der Waals surface area contributed by atoms with Gasteiger partial charge in [0.25, 0.3) is 0 Å². The van der Waals surface area contributed by atoms with Crippen molar-refractivity contribution in [3.8, 4) is 0 Å². The van der Waals surface area contributed by atoms with E-state index in [4.69, 9.17) is 23.2 Å². The molecule has 0 saturated heterocycles. The Morgan fingerprint density at radius 3 is 2.50 bits per heavy atom. The highest BCUT2D eigenvalue weighted by Crippen LogP contribution is 2.24. The lowest BCUT2D eigenvalue weighted by molar-refractivity contribution is 0.556. The van der Waals surface area contributed by atoms with Gasteiger partial charge in [-0.2, -0.15) is 0 Å². The summed E-state index contributed by atoms with van der Waals surface area (Å²) >= 11 is 11.5. The fourth-order valence-electron chi connectivity index (χ4n) is 1.10. The molecule has 0 aliphatic heterocycles. The molecule has 1 unspecified atom stereocenters. The van der Waals surface area contributed by atoms with Crippen molar-refractivity contribution >= 4 is 33.2 Å². The van der Waals surface area contributed by atoms with Crippen LogP contribution < -0.4 is 4.72 Å². The number of rotatable bonds is 4. The smallest absolute Gasteiger partial charge is 0.208 e. The number of sulfonamides is 1. The molecular formula is C10H13Cl2NO2S. The van der Waals surface area contributed by atoms with Crippen molar-refractivity contribution in [3.63, 3.8) is 0 Å². The van der Waals surface area contributed by atoms with Crippen LogP contribution in [0.25, 0.3) is 0 Å². The highest BCUT2D eigenvalue weighted by molar-refractivity contribution is 7.89. The zero-order chi connectivity index (χ0) is 12.3. The second kappa shape index (κ2) is 5.36. The standard InChI is InChI=1S/C10H13Cl2NO2S/c1-3-7(2)13-16(14,15)10-5-4-8(11)6-9(10)12/h4-7,13H,3H2,1-2H3. The van der Waals surface area contributed by atoms with E-state index < -0.39 is 10.0 Å². The van der Waals surface area contributed by atoms with Gasteiger partial charge in [0.05, 0.1) is 5.02 Å². The third kappa shape index (κ3) is 3.35. The normalized spacial score (nSPS) is 13.8. The third-order valence-electron chi connectivity index (χ3n) is 2.15. The average Bonchev–Trinajstić information content (AvgIpc) is 2.16. The molecule has 6 heteroatoms. The number of benzene rings is 1. The highest BCUT2D eigenvalue weighted by atomic mass is 35.5. The number of hydrogen-bond acceptors (Lipinski definition) is 2. The molecule has 90 valence electrons. The molecule has 16 heavy (non-hydrogen) atoms. The monoisotopic (exact) mass is 281 g/mol. The summed E-state index contributed by atoms with van der Waals surface area (Å²) in [6, 6.07) is 4.18. The number of hydrogen-bond donors (Lipinski definition) is 1. The first-order valence-electron chi connectivity index (χ1n) is 4.84. The summed E-state index contributed by atoms with van der Waals surface area (Å²) < 4.78 is 26.3. The molecule has 1 atom stereocenters. The predicted molar refractivity (Wildman–Crippen MR) is 66.5 cm³/mol. The molecule has 0 aliphatic carbocycles. The Hall–Kier alpha value is -0.290. The van der Waals surface area contributed by atoms with Gasteiger partial charge in [-0.1, -0.05) is 30.1 Å². The summed E-state index contributed by atoms with van der Waals surface area (Å²) in [5.74, 6) is 0. The van der Waals surface area contributed by atoms with Crippen LogP contribution in [0.1, 0.15) is 20.3 Å². The molecule has 0 amide bonds. The van der Waals surface area contributed by atoms with Gasteiger partial charge in [-0.05, 0) is 31.5 Å². The maximum atomic E-state index is 11.9. The minimum atomic E-state index is -3.56. The zero-order valence-electron chi connectivity index (χ0n) is 9.00. The van der Waals surface area contributed by atoms with Crippen LogP contribution in [-0.4, -0.2) is 14.5 Å². The van der Waals surface area contributed by atoms with Crippen molar-refractivity contribution in [2.75, 3.05) is 0 Å². The zero-order valence-corrected chi connectivity index (χ0v) is 11.3. The molecule has 1 aromatic rings. The number of nitrogens with one attached hydrogen (secondary N) is 1. The summed E-state index contributed by atoms with van der Waals surface area (Å²) in [5, 5.41) is 0.538. The summed E-state index contributed by atoms with van der Waals surface area (Å²) in [6.45, 7) is 3.69. The Bertz CT molecular complexity index is 474. The first kappa shape index (κ1) is 13.8. The topological polar surface area (TPSA) is 46.2 Å². The van der Waals surface area contributed by atoms with Crippen molar-refractivity contribution in [1.82, 2.24) is 4.72 Å². The molecular weight excluding hydrogens is 269 g/mol. The Labute approximate surface area is 106 Å². The second-order valence-corrected chi connectivity index (χ2v) is 6.03. The van der Waals surface area contributed by atoms with Crippen LogP contribution in [0.15, 0.2) is 23.1 Å². The SMILES string of the molecule is CCC(C)NS(=O)(=O)c1ccc(Cl)cc1Cl. The first-order valence-corrected chi connectivity index (χ1v) is 7.08. The molecule has 0 bridgehead atoms. The third-order valence-corrected chi connectivity index (χ3v) is 4.46. The summed E-state index contributed by atoms with van der Waals surface area (Å²) in [7, 11) is -3.56. The van der Waals surface area contributed by atoms with Gasteiger partial charge >= 0.3 is 0 Å². The Balaban J connectivity index is 3.08. The van der Waals surface area contributed by atoms with E-state index in [-0.39, 0.29) is 16.0 Å². The Morgan fingerprint density at radius 1 is 1.38 bits per heavy atom. The van der Waals surface area contributed by atoms with E-state index in [1.165, 1.54) is 18.2 Å². The fourth-order valence-corrected chi connectivity index (χ4v) is 3.20. The van der Waals surface area contributed by atoms with Crippen LogP contribution in [0, 0.1) is 0 Å². The average molecular weight is 282 g/mol. The van der Waals surface area contributed by atoms with Gasteiger partial charge in [0.1, 0.15) is 4.90 Å². The Morgan fingerprint density at radius 2 is 2.00 bits per heavy atom. The van der Waals surface area contributed by atoms with E-state index in [2.05, 4.69) is 4.72 Å². The van der Waals surface area contributed by atoms with Gasteiger partial charge < -0.3 is 0 Å². The minimum Gasteiger partial charge on any atom is -0.208 e. The molecule has 0 aliphatic rings.